The fraction of sp³-hybridized carbons (Fsp3) is 0.316. The zero-order valence-electron chi connectivity index (χ0n) is 15.3. The van der Waals surface area contributed by atoms with Gasteiger partial charge in [0.15, 0.2) is 0 Å². The Morgan fingerprint density at radius 2 is 1.74 bits per heavy atom. The van der Waals surface area contributed by atoms with Crippen LogP contribution in [0.1, 0.15) is 19.8 Å². The van der Waals surface area contributed by atoms with Crippen molar-refractivity contribution in [2.75, 3.05) is 29.0 Å². The Bertz CT molecular complexity index is 852. The number of amides is 1. The van der Waals surface area contributed by atoms with Gasteiger partial charge in [-0.05, 0) is 61.9 Å². The predicted molar refractivity (Wildman–Crippen MR) is 104 cm³/mol. The number of hydrogen-bond donors (Lipinski definition) is 1. The molecule has 2 aromatic carbocycles. The second-order valence-electron chi connectivity index (χ2n) is 5.92. The van der Waals surface area contributed by atoms with Crippen LogP contribution in [0.2, 0.25) is 0 Å². The van der Waals surface area contributed by atoms with Crippen molar-refractivity contribution in [1.29, 1.82) is 0 Å². The zero-order chi connectivity index (χ0) is 19.9. The Balaban J connectivity index is 1.90. The average Bonchev–Trinajstić information content (AvgIpc) is 2.61. The summed E-state index contributed by atoms with van der Waals surface area (Å²) < 4.78 is 43.5. The van der Waals surface area contributed by atoms with Gasteiger partial charge in [0.05, 0.1) is 18.6 Å². The number of halogens is 1. The average molecular weight is 394 g/mol. The van der Waals surface area contributed by atoms with Crippen LogP contribution < -0.4 is 14.4 Å². The summed E-state index contributed by atoms with van der Waals surface area (Å²) in [6.45, 7) is 2.58. The molecule has 0 aliphatic carbocycles. The monoisotopic (exact) mass is 394 g/mol. The molecule has 146 valence electrons. The fourth-order valence-corrected chi connectivity index (χ4v) is 3.47. The third kappa shape index (κ3) is 6.56. The smallest absolute Gasteiger partial charge is 0.232 e. The first-order chi connectivity index (χ1) is 12.8. The molecule has 0 spiro atoms. The maximum Gasteiger partial charge on any atom is 0.232 e. The van der Waals surface area contributed by atoms with Crippen LogP contribution in [-0.4, -0.2) is 33.7 Å². The maximum atomic E-state index is 13.1. The molecule has 0 radical (unpaired) electrons. The molecule has 2 rings (SSSR count). The summed E-state index contributed by atoms with van der Waals surface area (Å²) >= 11 is 0. The molecule has 6 nitrogen and oxygen atoms in total. The van der Waals surface area contributed by atoms with E-state index in [0.29, 0.717) is 24.4 Å². The third-order valence-electron chi connectivity index (χ3n) is 3.73. The lowest BCUT2D eigenvalue weighted by atomic mass is 10.2. The number of sulfonamides is 1. The molecule has 2 aromatic rings. The van der Waals surface area contributed by atoms with E-state index in [0.717, 1.165) is 16.3 Å². The highest BCUT2D eigenvalue weighted by atomic mass is 32.2. The lowest BCUT2D eigenvalue weighted by Crippen LogP contribution is -2.31. The van der Waals surface area contributed by atoms with E-state index in [9.17, 15) is 17.6 Å². The molecule has 0 saturated carbocycles. The lowest BCUT2D eigenvalue weighted by Gasteiger charge is -2.22. The summed E-state index contributed by atoms with van der Waals surface area (Å²) in [7, 11) is -3.53. The van der Waals surface area contributed by atoms with Gasteiger partial charge in [0.1, 0.15) is 11.6 Å². The minimum atomic E-state index is -3.53. The maximum absolute atomic E-state index is 13.1. The number of nitrogens with one attached hydrogen (secondary N) is 1. The first kappa shape index (κ1) is 20.7. The predicted octanol–water partition coefficient (Wildman–Crippen LogP) is 3.41. The van der Waals surface area contributed by atoms with Gasteiger partial charge in [-0.2, -0.15) is 0 Å². The topological polar surface area (TPSA) is 75.7 Å². The first-order valence-corrected chi connectivity index (χ1v) is 10.4. The van der Waals surface area contributed by atoms with E-state index in [1.54, 1.807) is 24.3 Å². The Labute approximate surface area is 159 Å². The van der Waals surface area contributed by atoms with E-state index in [1.165, 1.54) is 24.3 Å². The van der Waals surface area contributed by atoms with Crippen LogP contribution in [0.25, 0.3) is 0 Å². The molecule has 0 saturated heterocycles. The summed E-state index contributed by atoms with van der Waals surface area (Å²) in [6.07, 6.45) is 1.56. The number of ether oxygens (including phenoxy) is 1. The largest absolute Gasteiger partial charge is 0.494 e. The highest BCUT2D eigenvalue weighted by Crippen LogP contribution is 2.19. The van der Waals surface area contributed by atoms with Crippen molar-refractivity contribution in [1.82, 2.24) is 0 Å². The standard InChI is InChI=1S/C19H23FN2O4S/c1-3-26-18-12-8-16(9-13-18)21-19(23)5-4-14-22(27(2,24)25)17-10-6-15(20)7-11-17/h6-13H,3-5,14H2,1-2H3,(H,21,23). The molecule has 0 unspecified atom stereocenters. The van der Waals surface area contributed by atoms with Gasteiger partial charge in [-0.3, -0.25) is 9.10 Å². The number of benzene rings is 2. The van der Waals surface area contributed by atoms with Crippen molar-refractivity contribution >= 4 is 27.3 Å². The van der Waals surface area contributed by atoms with Crippen molar-refractivity contribution < 1.29 is 22.3 Å². The fourth-order valence-electron chi connectivity index (χ4n) is 2.50. The lowest BCUT2D eigenvalue weighted by molar-refractivity contribution is -0.116. The molecule has 1 amide bonds. The summed E-state index contributed by atoms with van der Waals surface area (Å²) in [5.41, 5.74) is 1.01. The van der Waals surface area contributed by atoms with E-state index in [-0.39, 0.29) is 18.9 Å². The molecule has 0 heterocycles. The third-order valence-corrected chi connectivity index (χ3v) is 4.92. The number of carbonyl (C=O) groups excluding carboxylic acids is 1. The van der Waals surface area contributed by atoms with Crippen molar-refractivity contribution in [2.24, 2.45) is 0 Å². The molecule has 0 aliphatic heterocycles. The van der Waals surface area contributed by atoms with Gasteiger partial charge in [0.2, 0.25) is 15.9 Å². The van der Waals surface area contributed by atoms with Crippen molar-refractivity contribution in [3.05, 3.63) is 54.3 Å². The molecular formula is C19H23FN2O4S. The minimum absolute atomic E-state index is 0.126. The quantitative estimate of drug-likeness (QED) is 0.707. The van der Waals surface area contributed by atoms with Crippen molar-refractivity contribution in [2.45, 2.75) is 19.8 Å². The molecule has 1 N–H and O–H groups in total. The molecule has 0 atom stereocenters. The van der Waals surface area contributed by atoms with Gasteiger partial charge >= 0.3 is 0 Å². The molecule has 27 heavy (non-hydrogen) atoms. The van der Waals surface area contributed by atoms with Crippen LogP contribution in [0.15, 0.2) is 48.5 Å². The highest BCUT2D eigenvalue weighted by Gasteiger charge is 2.17. The zero-order valence-corrected chi connectivity index (χ0v) is 16.1. The van der Waals surface area contributed by atoms with E-state index < -0.39 is 15.8 Å². The molecule has 0 aromatic heterocycles. The van der Waals surface area contributed by atoms with Crippen LogP contribution in [-0.2, 0) is 14.8 Å². The van der Waals surface area contributed by atoms with Crippen molar-refractivity contribution in [3.63, 3.8) is 0 Å². The van der Waals surface area contributed by atoms with Gasteiger partial charge in [-0.1, -0.05) is 0 Å². The summed E-state index contributed by atoms with van der Waals surface area (Å²) in [6, 6.07) is 12.2. The van der Waals surface area contributed by atoms with Gasteiger partial charge in [0.25, 0.3) is 0 Å². The van der Waals surface area contributed by atoms with Crippen LogP contribution in [0, 0.1) is 5.82 Å². The van der Waals surface area contributed by atoms with Gasteiger partial charge in [-0.25, -0.2) is 12.8 Å². The Hall–Kier alpha value is -2.61. The molecule has 0 aliphatic rings. The Kier molecular flexibility index (Phi) is 7.18. The molecule has 8 heteroatoms. The first-order valence-electron chi connectivity index (χ1n) is 8.55. The van der Waals surface area contributed by atoms with Gasteiger partial charge in [0, 0.05) is 18.7 Å². The Morgan fingerprint density at radius 3 is 2.30 bits per heavy atom. The second kappa shape index (κ2) is 9.36. The number of carbonyl (C=O) groups is 1. The van der Waals surface area contributed by atoms with Crippen LogP contribution >= 0.6 is 0 Å². The number of anilines is 2. The summed E-state index contributed by atoms with van der Waals surface area (Å²) in [5, 5.41) is 2.76. The normalized spacial score (nSPS) is 11.1. The molecule has 0 bridgehead atoms. The van der Waals surface area contributed by atoms with E-state index >= 15 is 0 Å². The SMILES string of the molecule is CCOc1ccc(NC(=O)CCCN(c2ccc(F)cc2)S(C)(=O)=O)cc1. The second-order valence-corrected chi connectivity index (χ2v) is 7.83. The van der Waals surface area contributed by atoms with Crippen LogP contribution in [0.4, 0.5) is 15.8 Å². The van der Waals surface area contributed by atoms with E-state index in [1.807, 2.05) is 6.92 Å². The van der Waals surface area contributed by atoms with E-state index in [2.05, 4.69) is 5.32 Å². The van der Waals surface area contributed by atoms with Gasteiger partial charge < -0.3 is 10.1 Å². The van der Waals surface area contributed by atoms with Gasteiger partial charge in [-0.15, -0.1) is 0 Å². The number of nitrogens with zero attached hydrogens (tertiary/aromatic N) is 1. The Morgan fingerprint density at radius 1 is 1.11 bits per heavy atom. The summed E-state index contributed by atoms with van der Waals surface area (Å²) in [5.74, 6) is 0.0623. The number of hydrogen-bond acceptors (Lipinski definition) is 4. The van der Waals surface area contributed by atoms with Crippen LogP contribution in [0.3, 0.4) is 0 Å². The number of rotatable bonds is 9. The van der Waals surface area contributed by atoms with Crippen LogP contribution in [0.5, 0.6) is 5.75 Å². The molecule has 0 fully saturated rings. The highest BCUT2D eigenvalue weighted by molar-refractivity contribution is 7.92. The minimum Gasteiger partial charge on any atom is -0.494 e. The summed E-state index contributed by atoms with van der Waals surface area (Å²) in [4.78, 5) is 12.1. The molecular weight excluding hydrogens is 371 g/mol. The van der Waals surface area contributed by atoms with E-state index in [4.69, 9.17) is 4.74 Å². The van der Waals surface area contributed by atoms with Crippen molar-refractivity contribution in [3.8, 4) is 5.75 Å².